The molecule has 0 radical (unpaired) electrons. The van der Waals surface area contributed by atoms with E-state index in [9.17, 15) is 4.79 Å². The molecule has 0 aromatic heterocycles. The van der Waals surface area contributed by atoms with Gasteiger partial charge in [-0.1, -0.05) is 12.1 Å². The van der Waals surface area contributed by atoms with E-state index in [2.05, 4.69) is 0 Å². The van der Waals surface area contributed by atoms with Gasteiger partial charge in [0.2, 0.25) is 5.78 Å². The number of carbonyl (C=O) groups excluding carboxylic acids is 1. The summed E-state index contributed by atoms with van der Waals surface area (Å²) in [6.07, 6.45) is 1.51. The van der Waals surface area contributed by atoms with Gasteiger partial charge in [-0.05, 0) is 19.1 Å². The third kappa shape index (κ3) is 3.63. The molecule has 0 N–H and O–H groups in total. The zero-order valence-corrected chi connectivity index (χ0v) is 10.8. The van der Waals surface area contributed by atoms with E-state index in [0.29, 0.717) is 17.9 Å². The number of rotatable bonds is 5. The smallest absolute Gasteiger partial charge is 0.205 e. The predicted molar refractivity (Wildman–Crippen MR) is 69.3 cm³/mol. The molecule has 1 aromatic carbocycles. The van der Waals surface area contributed by atoms with Crippen LogP contribution in [0.2, 0.25) is 0 Å². The van der Waals surface area contributed by atoms with Crippen molar-refractivity contribution in [2.24, 2.45) is 0 Å². The van der Waals surface area contributed by atoms with Crippen molar-refractivity contribution in [2.45, 2.75) is 6.92 Å². The molecule has 1 rings (SSSR count). The van der Waals surface area contributed by atoms with E-state index in [0.717, 1.165) is 0 Å². The summed E-state index contributed by atoms with van der Waals surface area (Å²) in [5.74, 6) is 0.332. The van der Waals surface area contributed by atoms with E-state index in [-0.39, 0.29) is 11.4 Å². The molecule has 0 heterocycles. The second-order valence-corrected chi connectivity index (χ2v) is 3.91. The highest BCUT2D eigenvalue weighted by atomic mass is 16.5. The van der Waals surface area contributed by atoms with Crippen LogP contribution in [0.4, 0.5) is 0 Å². The minimum absolute atomic E-state index is 0.105. The van der Waals surface area contributed by atoms with E-state index in [1.54, 1.807) is 43.3 Å². The largest absolute Gasteiger partial charge is 0.494 e. The van der Waals surface area contributed by atoms with Gasteiger partial charge in [-0.25, -0.2) is 0 Å². The molecule has 0 saturated heterocycles. The molecule has 0 aliphatic carbocycles. The van der Waals surface area contributed by atoms with Crippen LogP contribution in [-0.4, -0.2) is 31.4 Å². The van der Waals surface area contributed by atoms with Crippen molar-refractivity contribution >= 4 is 5.78 Å². The molecule has 0 fully saturated rings. The average molecular weight is 244 g/mol. The lowest BCUT2D eigenvalue weighted by Gasteiger charge is -2.07. The molecular formula is C14H16N2O2. The number of hydrogen-bond acceptors (Lipinski definition) is 4. The molecule has 1 aromatic rings. The maximum Gasteiger partial charge on any atom is 0.205 e. The lowest BCUT2D eigenvalue weighted by atomic mass is 10.0. The van der Waals surface area contributed by atoms with Crippen LogP contribution in [0.15, 0.2) is 36.0 Å². The van der Waals surface area contributed by atoms with Crippen molar-refractivity contribution in [2.75, 3.05) is 20.7 Å². The molecule has 4 nitrogen and oxygen atoms in total. The van der Waals surface area contributed by atoms with Crippen molar-refractivity contribution in [1.82, 2.24) is 4.90 Å². The van der Waals surface area contributed by atoms with E-state index < -0.39 is 0 Å². The van der Waals surface area contributed by atoms with Gasteiger partial charge in [-0.2, -0.15) is 5.26 Å². The van der Waals surface area contributed by atoms with Crippen molar-refractivity contribution in [3.8, 4) is 11.8 Å². The maximum atomic E-state index is 12.1. The Morgan fingerprint density at radius 1 is 1.50 bits per heavy atom. The Hall–Kier alpha value is -2.28. The molecule has 94 valence electrons. The van der Waals surface area contributed by atoms with Gasteiger partial charge in [0.15, 0.2) is 0 Å². The predicted octanol–water partition coefficient (Wildman–Crippen LogP) is 2.24. The van der Waals surface area contributed by atoms with Crippen molar-refractivity contribution in [1.29, 1.82) is 5.26 Å². The number of hydrogen-bond donors (Lipinski definition) is 0. The monoisotopic (exact) mass is 244 g/mol. The maximum absolute atomic E-state index is 12.1. The van der Waals surface area contributed by atoms with Crippen molar-refractivity contribution < 1.29 is 9.53 Å². The fraction of sp³-hybridized carbons (Fsp3) is 0.286. The fourth-order valence-electron chi connectivity index (χ4n) is 1.45. The summed E-state index contributed by atoms with van der Waals surface area (Å²) >= 11 is 0. The SMILES string of the molecule is CCOc1cccc(C(=O)C(C#N)=CN(C)C)c1. The van der Waals surface area contributed by atoms with Gasteiger partial charge in [0.1, 0.15) is 17.4 Å². The second-order valence-electron chi connectivity index (χ2n) is 3.91. The van der Waals surface area contributed by atoms with Crippen molar-refractivity contribution in [3.05, 3.63) is 41.6 Å². The Labute approximate surface area is 107 Å². The topological polar surface area (TPSA) is 53.3 Å². The molecule has 4 heteroatoms. The van der Waals surface area contributed by atoms with Gasteiger partial charge >= 0.3 is 0 Å². The van der Waals surface area contributed by atoms with Gasteiger partial charge in [0.05, 0.1) is 6.61 Å². The Kier molecular flexibility index (Phi) is 4.94. The standard InChI is InChI=1S/C14H16N2O2/c1-4-18-13-7-5-6-11(8-13)14(17)12(9-15)10-16(2)3/h5-8,10H,4H2,1-3H3. The molecule has 0 bridgehead atoms. The Bertz CT molecular complexity index is 499. The van der Waals surface area contributed by atoms with E-state index in [4.69, 9.17) is 10.00 Å². The summed E-state index contributed by atoms with van der Waals surface area (Å²) in [5, 5.41) is 8.98. The normalized spacial score (nSPS) is 10.7. The fourth-order valence-corrected chi connectivity index (χ4v) is 1.45. The Morgan fingerprint density at radius 2 is 2.22 bits per heavy atom. The second kappa shape index (κ2) is 6.45. The average Bonchev–Trinajstić information content (AvgIpc) is 2.35. The number of ketones is 1. The van der Waals surface area contributed by atoms with Crippen LogP contribution in [-0.2, 0) is 0 Å². The summed E-state index contributed by atoms with van der Waals surface area (Å²) in [5.41, 5.74) is 0.559. The number of nitriles is 1. The summed E-state index contributed by atoms with van der Waals surface area (Å²) in [6, 6.07) is 8.75. The molecule has 0 atom stereocenters. The van der Waals surface area contributed by atoms with Crippen LogP contribution in [0.25, 0.3) is 0 Å². The minimum Gasteiger partial charge on any atom is -0.494 e. The molecule has 0 saturated carbocycles. The third-order valence-electron chi connectivity index (χ3n) is 2.16. The highest BCUT2D eigenvalue weighted by molar-refractivity contribution is 6.11. The molecular weight excluding hydrogens is 228 g/mol. The highest BCUT2D eigenvalue weighted by Crippen LogP contribution is 2.16. The summed E-state index contributed by atoms with van der Waals surface area (Å²) < 4.78 is 5.33. The molecule has 0 aliphatic rings. The summed E-state index contributed by atoms with van der Waals surface area (Å²) in [4.78, 5) is 13.8. The minimum atomic E-state index is -0.298. The van der Waals surface area contributed by atoms with Crippen molar-refractivity contribution in [3.63, 3.8) is 0 Å². The lowest BCUT2D eigenvalue weighted by Crippen LogP contribution is -2.09. The zero-order valence-electron chi connectivity index (χ0n) is 10.8. The van der Waals surface area contributed by atoms with Gasteiger partial charge in [-0.3, -0.25) is 4.79 Å². The molecule has 0 aliphatic heterocycles. The first-order valence-corrected chi connectivity index (χ1v) is 5.64. The van der Waals surface area contributed by atoms with Gasteiger partial charge in [-0.15, -0.1) is 0 Å². The number of ether oxygens (including phenoxy) is 1. The molecule has 18 heavy (non-hydrogen) atoms. The number of Topliss-reactive ketones (excluding diaryl/α,β-unsaturated/α-hetero) is 1. The van der Waals surface area contributed by atoms with Gasteiger partial charge < -0.3 is 9.64 Å². The highest BCUT2D eigenvalue weighted by Gasteiger charge is 2.13. The molecule has 0 unspecified atom stereocenters. The number of allylic oxidation sites excluding steroid dienone is 1. The zero-order chi connectivity index (χ0) is 13.5. The number of nitrogens with zero attached hydrogens (tertiary/aromatic N) is 2. The molecule has 0 spiro atoms. The number of carbonyl (C=O) groups is 1. The first-order chi connectivity index (χ1) is 8.58. The Balaban J connectivity index is 3.03. The van der Waals surface area contributed by atoms with E-state index >= 15 is 0 Å². The van der Waals surface area contributed by atoms with E-state index in [1.807, 2.05) is 13.0 Å². The number of benzene rings is 1. The van der Waals surface area contributed by atoms with E-state index in [1.165, 1.54) is 6.20 Å². The van der Waals surface area contributed by atoms with Crippen LogP contribution in [0.1, 0.15) is 17.3 Å². The first kappa shape index (κ1) is 13.8. The first-order valence-electron chi connectivity index (χ1n) is 5.64. The third-order valence-corrected chi connectivity index (χ3v) is 2.16. The van der Waals surface area contributed by atoms with Crippen LogP contribution < -0.4 is 4.74 Å². The van der Waals surface area contributed by atoms with Crippen LogP contribution >= 0.6 is 0 Å². The van der Waals surface area contributed by atoms with Gasteiger partial charge in [0.25, 0.3) is 0 Å². The Morgan fingerprint density at radius 3 is 2.78 bits per heavy atom. The summed E-state index contributed by atoms with van der Waals surface area (Å²) in [7, 11) is 3.53. The van der Waals surface area contributed by atoms with Crippen LogP contribution in [0.3, 0.4) is 0 Å². The van der Waals surface area contributed by atoms with Crippen LogP contribution in [0.5, 0.6) is 5.75 Å². The summed E-state index contributed by atoms with van der Waals surface area (Å²) in [6.45, 7) is 2.41. The van der Waals surface area contributed by atoms with Gasteiger partial charge in [0, 0.05) is 25.9 Å². The van der Waals surface area contributed by atoms with Crippen LogP contribution in [0, 0.1) is 11.3 Å². The molecule has 0 amide bonds. The lowest BCUT2D eigenvalue weighted by molar-refractivity contribution is 0.103. The quantitative estimate of drug-likeness (QED) is 0.453.